The van der Waals surface area contributed by atoms with Crippen molar-refractivity contribution in [2.24, 2.45) is 0 Å². The highest BCUT2D eigenvalue weighted by Gasteiger charge is 2.37. The summed E-state index contributed by atoms with van der Waals surface area (Å²) in [5.74, 6) is 0.543. The average molecular weight is 312 g/mol. The van der Waals surface area contributed by atoms with Crippen LogP contribution in [0.1, 0.15) is 53.6 Å². The number of carbonyl (C=O) groups is 1. The van der Waals surface area contributed by atoms with Gasteiger partial charge in [0.25, 0.3) is 5.91 Å². The molecule has 4 rings (SSSR count). The van der Waals surface area contributed by atoms with Crippen LogP contribution in [0.4, 0.5) is 0 Å². The van der Waals surface area contributed by atoms with E-state index in [0.717, 1.165) is 37.9 Å². The van der Waals surface area contributed by atoms with Crippen LogP contribution in [0.15, 0.2) is 41.1 Å². The third kappa shape index (κ3) is 3.01. The summed E-state index contributed by atoms with van der Waals surface area (Å²) < 4.78 is 11.1. The zero-order valence-electron chi connectivity index (χ0n) is 13.0. The van der Waals surface area contributed by atoms with Gasteiger partial charge in [-0.05, 0) is 31.2 Å². The second kappa shape index (κ2) is 6.16. The topological polar surface area (TPSA) is 55.6 Å². The number of carbonyl (C=O) groups excluding carboxylic acids is 1. The van der Waals surface area contributed by atoms with E-state index in [-0.39, 0.29) is 12.0 Å². The van der Waals surface area contributed by atoms with Crippen molar-refractivity contribution >= 4 is 5.91 Å². The quantitative estimate of drug-likeness (QED) is 0.850. The first-order valence-corrected chi connectivity index (χ1v) is 8.23. The molecule has 0 unspecified atom stereocenters. The highest BCUT2D eigenvalue weighted by atomic mass is 16.5. The maximum Gasteiger partial charge on any atom is 0.276 e. The predicted octanol–water partition coefficient (Wildman–Crippen LogP) is 3.33. The lowest BCUT2D eigenvalue weighted by molar-refractivity contribution is 0.0692. The Balaban J connectivity index is 1.57. The van der Waals surface area contributed by atoms with Gasteiger partial charge >= 0.3 is 0 Å². The van der Waals surface area contributed by atoms with Gasteiger partial charge < -0.3 is 14.1 Å². The molecule has 2 aromatic rings. The van der Waals surface area contributed by atoms with Crippen molar-refractivity contribution in [2.75, 3.05) is 6.61 Å². The second-order valence-electron chi connectivity index (χ2n) is 6.22. The van der Waals surface area contributed by atoms with Crippen molar-refractivity contribution in [1.29, 1.82) is 0 Å². The van der Waals surface area contributed by atoms with E-state index in [9.17, 15) is 4.79 Å². The van der Waals surface area contributed by atoms with Crippen LogP contribution >= 0.6 is 0 Å². The molecule has 23 heavy (non-hydrogen) atoms. The summed E-state index contributed by atoms with van der Waals surface area (Å²) >= 11 is 0. The van der Waals surface area contributed by atoms with Gasteiger partial charge in [0.1, 0.15) is 6.10 Å². The van der Waals surface area contributed by atoms with Crippen molar-refractivity contribution in [3.05, 3.63) is 53.7 Å². The Bertz CT molecular complexity index is 673. The molecule has 1 aliphatic carbocycles. The summed E-state index contributed by atoms with van der Waals surface area (Å²) in [6, 6.07) is 10.4. The number of hydrogen-bond acceptors (Lipinski definition) is 4. The predicted molar refractivity (Wildman–Crippen MR) is 83.8 cm³/mol. The second-order valence-corrected chi connectivity index (χ2v) is 6.22. The zero-order chi connectivity index (χ0) is 15.6. The minimum atomic E-state index is -0.130. The maximum absolute atomic E-state index is 13.0. The van der Waals surface area contributed by atoms with Crippen LogP contribution in [-0.2, 0) is 11.3 Å². The van der Waals surface area contributed by atoms with Crippen LogP contribution in [0.2, 0.25) is 0 Å². The average Bonchev–Trinajstić information content (AvgIpc) is 3.08. The van der Waals surface area contributed by atoms with E-state index in [4.69, 9.17) is 9.15 Å². The van der Waals surface area contributed by atoms with Gasteiger partial charge in [-0.2, -0.15) is 0 Å². The fourth-order valence-corrected chi connectivity index (χ4v) is 3.10. The van der Waals surface area contributed by atoms with Crippen LogP contribution in [0.3, 0.4) is 0 Å². The molecule has 1 saturated heterocycles. The molecule has 1 aromatic heterocycles. The van der Waals surface area contributed by atoms with Crippen LogP contribution in [0, 0.1) is 0 Å². The Hall–Kier alpha value is -2.14. The monoisotopic (exact) mass is 312 g/mol. The van der Waals surface area contributed by atoms with Gasteiger partial charge in [0.05, 0.1) is 0 Å². The summed E-state index contributed by atoms with van der Waals surface area (Å²) in [5.41, 5.74) is 1.55. The minimum Gasteiger partial charge on any atom is -0.445 e. The Kier molecular flexibility index (Phi) is 3.87. The van der Waals surface area contributed by atoms with Crippen molar-refractivity contribution in [1.82, 2.24) is 9.88 Å². The number of oxazole rings is 1. The molecule has 1 aromatic carbocycles. The Morgan fingerprint density at radius 3 is 2.74 bits per heavy atom. The number of benzene rings is 1. The summed E-state index contributed by atoms with van der Waals surface area (Å²) in [7, 11) is 0. The number of ether oxygens (including phenoxy) is 1. The first kappa shape index (κ1) is 14.5. The van der Waals surface area contributed by atoms with E-state index in [1.807, 2.05) is 35.2 Å². The van der Waals surface area contributed by atoms with Crippen molar-refractivity contribution in [3.8, 4) is 0 Å². The molecule has 0 spiro atoms. The maximum atomic E-state index is 13.0. The van der Waals surface area contributed by atoms with Crippen LogP contribution in [-0.4, -0.2) is 28.4 Å². The lowest BCUT2D eigenvalue weighted by Gasteiger charge is -2.22. The number of nitrogens with zero attached hydrogens (tertiary/aromatic N) is 2. The van der Waals surface area contributed by atoms with Crippen molar-refractivity contribution in [3.63, 3.8) is 0 Å². The first-order chi connectivity index (χ1) is 11.3. The van der Waals surface area contributed by atoms with Crippen molar-refractivity contribution in [2.45, 2.75) is 44.4 Å². The highest BCUT2D eigenvalue weighted by Crippen LogP contribution is 2.34. The van der Waals surface area contributed by atoms with Gasteiger partial charge in [0.15, 0.2) is 17.8 Å². The minimum absolute atomic E-state index is 0.0457. The molecule has 1 aliphatic heterocycles. The standard InChI is InChI=1S/C18H20N2O3/c21-18(16-17(23-12-19-16)15-7-4-10-22-15)20(14-8-9-14)11-13-5-2-1-3-6-13/h1-3,5-6,12,14-15H,4,7-11H2/t15-/m1/s1. The molecule has 2 heterocycles. The molecule has 5 heteroatoms. The summed E-state index contributed by atoms with van der Waals surface area (Å²) in [4.78, 5) is 19.1. The fraction of sp³-hybridized carbons (Fsp3) is 0.444. The molecule has 0 radical (unpaired) electrons. The first-order valence-electron chi connectivity index (χ1n) is 8.23. The van der Waals surface area contributed by atoms with Crippen LogP contribution in [0.5, 0.6) is 0 Å². The molecule has 2 fully saturated rings. The SMILES string of the molecule is O=C(c1ncoc1[C@H]1CCCO1)N(Cc1ccccc1)C1CC1. The van der Waals surface area contributed by atoms with E-state index in [1.54, 1.807) is 0 Å². The van der Waals surface area contributed by atoms with Gasteiger partial charge in [0.2, 0.25) is 0 Å². The van der Waals surface area contributed by atoms with Gasteiger partial charge in [-0.3, -0.25) is 4.79 Å². The lowest BCUT2D eigenvalue weighted by atomic mass is 10.1. The summed E-state index contributed by atoms with van der Waals surface area (Å²) in [5, 5.41) is 0. The zero-order valence-corrected chi connectivity index (χ0v) is 13.0. The molecule has 2 aliphatic rings. The van der Waals surface area contributed by atoms with Crippen molar-refractivity contribution < 1.29 is 13.9 Å². The van der Waals surface area contributed by atoms with Gasteiger partial charge in [0, 0.05) is 19.2 Å². The third-order valence-corrected chi connectivity index (χ3v) is 4.46. The largest absolute Gasteiger partial charge is 0.445 e. The molecule has 0 N–H and O–H groups in total. The summed E-state index contributed by atoms with van der Waals surface area (Å²) in [6.07, 6.45) is 5.23. The molecule has 5 nitrogen and oxygen atoms in total. The van der Waals surface area contributed by atoms with E-state index >= 15 is 0 Å². The van der Waals surface area contributed by atoms with Gasteiger partial charge in [-0.1, -0.05) is 30.3 Å². The molecule has 1 atom stereocenters. The smallest absolute Gasteiger partial charge is 0.276 e. The van der Waals surface area contributed by atoms with E-state index in [2.05, 4.69) is 4.98 Å². The fourth-order valence-electron chi connectivity index (χ4n) is 3.10. The number of amides is 1. The van der Waals surface area contributed by atoms with Gasteiger partial charge in [-0.25, -0.2) is 4.98 Å². The van der Waals surface area contributed by atoms with E-state index < -0.39 is 0 Å². The molecule has 0 bridgehead atoms. The van der Waals surface area contributed by atoms with E-state index in [0.29, 0.717) is 24.0 Å². The molecule has 1 saturated carbocycles. The van der Waals surface area contributed by atoms with Crippen LogP contribution in [0.25, 0.3) is 0 Å². The normalized spacial score (nSPS) is 20.6. The lowest BCUT2D eigenvalue weighted by Crippen LogP contribution is -2.33. The Morgan fingerprint density at radius 1 is 1.22 bits per heavy atom. The molecule has 120 valence electrons. The Morgan fingerprint density at radius 2 is 2.04 bits per heavy atom. The Labute approximate surface area is 135 Å². The number of rotatable bonds is 5. The highest BCUT2D eigenvalue weighted by molar-refractivity contribution is 5.93. The third-order valence-electron chi connectivity index (χ3n) is 4.46. The molecule has 1 amide bonds. The number of hydrogen-bond donors (Lipinski definition) is 0. The molecular weight excluding hydrogens is 292 g/mol. The summed E-state index contributed by atoms with van der Waals surface area (Å²) in [6.45, 7) is 1.33. The number of aromatic nitrogens is 1. The molecular formula is C18H20N2O3. The van der Waals surface area contributed by atoms with Crippen LogP contribution < -0.4 is 0 Å². The van der Waals surface area contributed by atoms with E-state index in [1.165, 1.54) is 6.39 Å². The van der Waals surface area contributed by atoms with Gasteiger partial charge in [-0.15, -0.1) is 0 Å².